The number of hydrogen-bond acceptors (Lipinski definition) is 10. The van der Waals surface area contributed by atoms with Crippen molar-refractivity contribution < 1.29 is 51.3 Å². The molecular formula is C56H63ClF4N8O7. The number of nitrogens with one attached hydrogen (secondary N) is 2. The van der Waals surface area contributed by atoms with Crippen LogP contribution in [0.25, 0.3) is 22.0 Å². The number of rotatable bonds is 14. The zero-order chi connectivity index (χ0) is 53.7. The number of anilines is 1. The summed E-state index contributed by atoms with van der Waals surface area (Å²) in [7, 11) is 1.56. The molecule has 1 saturated carbocycles. The van der Waals surface area contributed by atoms with Crippen LogP contribution in [0.2, 0.25) is 5.02 Å². The third kappa shape index (κ3) is 9.76. The molecule has 0 spiro atoms. The van der Waals surface area contributed by atoms with E-state index >= 15 is 17.6 Å². The third-order valence-electron chi connectivity index (χ3n) is 16.8. The van der Waals surface area contributed by atoms with Crippen molar-refractivity contribution in [3.05, 3.63) is 105 Å². The number of nitrogens with two attached hydrogens (primary N) is 1. The second kappa shape index (κ2) is 21.6. The average molecular weight is 1070 g/mol. The fraction of sp³-hybridized carbons (Fsp3) is 0.482. The molecule has 1 aromatic heterocycles. The van der Waals surface area contributed by atoms with Gasteiger partial charge in [-0.1, -0.05) is 55.8 Å². The minimum Gasteiger partial charge on any atom is -0.488 e. The van der Waals surface area contributed by atoms with Gasteiger partial charge in [0.2, 0.25) is 17.7 Å². The molecular weight excluding hydrogens is 1010 g/mol. The van der Waals surface area contributed by atoms with Crippen LogP contribution in [0.4, 0.5) is 28.2 Å². The molecule has 0 radical (unpaired) electrons. The normalized spacial score (nSPS) is 24.4. The number of primary amides is 1. The standard InChI is InChI=1S/C56H63ClF4N8O7/c1-30-27-67(19-17-36(30)45-39(58)25-38-51(50(45)61)66(3)65-53(38)69-22-18-43(71)64-55(69)74)28-32-15-20-68(21-16-32)54(73)33-9-11-35(12-10-33)63-29-56(34-7-5-4-6-8-34)31(2)44-42(76-56)26-40(59)48(57)47(44)46-37(52(62)72)13-14-41(49(46)60)75-24-23-70/h4-8,13-14,25-26,30-33,35-36,63,70H,9-12,15-24,27-29H2,1-3H3,(H2,62,72)(H,64,71,74)/t30-,31+,33?,35?,36?,56?/m1/s1. The Balaban J connectivity index is 0.746. The molecule has 5 N–H and O–H groups in total. The lowest BCUT2D eigenvalue weighted by Gasteiger charge is -2.41. The van der Waals surface area contributed by atoms with Crippen LogP contribution < -0.4 is 30.7 Å². The van der Waals surface area contributed by atoms with E-state index in [0.717, 1.165) is 37.8 Å². The smallest absolute Gasteiger partial charge is 0.329 e. The van der Waals surface area contributed by atoms with Crippen LogP contribution in [-0.2, 0) is 22.2 Å². The summed E-state index contributed by atoms with van der Waals surface area (Å²) in [6.07, 6.45) is 5.21. The fourth-order valence-corrected chi connectivity index (χ4v) is 13.0. The summed E-state index contributed by atoms with van der Waals surface area (Å²) in [4.78, 5) is 56.8. The molecule has 0 bridgehead atoms. The number of carbonyl (C=O) groups is 4. The molecule has 10 rings (SSSR count). The van der Waals surface area contributed by atoms with E-state index in [4.69, 9.17) is 26.8 Å². The van der Waals surface area contributed by atoms with Crippen LogP contribution in [0.5, 0.6) is 11.5 Å². The quantitative estimate of drug-likeness (QED) is 0.0790. The molecule has 5 aromatic rings. The minimum absolute atomic E-state index is 0.0301. The summed E-state index contributed by atoms with van der Waals surface area (Å²) in [6, 6.07) is 13.8. The van der Waals surface area contributed by atoms with Gasteiger partial charge in [-0.15, -0.1) is 0 Å². The van der Waals surface area contributed by atoms with Crippen LogP contribution in [-0.4, -0.2) is 114 Å². The molecule has 20 heteroatoms. The summed E-state index contributed by atoms with van der Waals surface area (Å²) in [5.41, 5.74) is 5.32. The molecule has 5 aliphatic rings. The maximum atomic E-state index is 16.5. The average Bonchev–Trinajstić information content (AvgIpc) is 3.88. The maximum absolute atomic E-state index is 16.5. The van der Waals surface area contributed by atoms with Crippen LogP contribution in [0.15, 0.2) is 54.6 Å². The number of ether oxygens (including phenoxy) is 2. The van der Waals surface area contributed by atoms with Gasteiger partial charge in [-0.05, 0) is 93.0 Å². The highest BCUT2D eigenvalue weighted by molar-refractivity contribution is 6.34. The first-order valence-electron chi connectivity index (χ1n) is 26.3. The summed E-state index contributed by atoms with van der Waals surface area (Å²) in [6.45, 7) is 7.14. The van der Waals surface area contributed by atoms with Gasteiger partial charge in [0, 0.05) is 98.9 Å². The van der Waals surface area contributed by atoms with Gasteiger partial charge in [-0.2, -0.15) is 5.10 Å². The molecule has 4 aromatic carbocycles. The number of carbonyl (C=O) groups excluding carboxylic acids is 4. The van der Waals surface area contributed by atoms with Gasteiger partial charge in [0.05, 0.1) is 22.6 Å². The van der Waals surface area contributed by atoms with Gasteiger partial charge in [0.25, 0.3) is 0 Å². The second-order valence-corrected chi connectivity index (χ2v) is 21.7. The molecule has 4 atom stereocenters. The highest BCUT2D eigenvalue weighted by Crippen LogP contribution is 2.57. The van der Waals surface area contributed by atoms with Crippen LogP contribution in [0, 0.1) is 41.0 Å². The molecule has 1 aliphatic carbocycles. The Hall–Kier alpha value is -6.28. The van der Waals surface area contributed by atoms with Crippen molar-refractivity contribution in [2.45, 2.75) is 88.7 Å². The Morgan fingerprint density at radius 1 is 0.921 bits per heavy atom. The van der Waals surface area contributed by atoms with Gasteiger partial charge < -0.3 is 35.4 Å². The summed E-state index contributed by atoms with van der Waals surface area (Å²) in [5.74, 6) is -5.17. The van der Waals surface area contributed by atoms with Crippen molar-refractivity contribution in [1.82, 2.24) is 30.2 Å². The van der Waals surface area contributed by atoms with E-state index in [-0.39, 0.29) is 106 Å². The Morgan fingerprint density at radius 3 is 2.34 bits per heavy atom. The number of aryl methyl sites for hydroxylation is 1. The number of urea groups is 1. The molecule has 4 aliphatic heterocycles. The van der Waals surface area contributed by atoms with Crippen molar-refractivity contribution >= 4 is 52.1 Å². The Morgan fingerprint density at radius 2 is 1.66 bits per heavy atom. The Kier molecular flexibility index (Phi) is 15.1. The maximum Gasteiger partial charge on any atom is 0.329 e. The number of benzene rings is 4. The molecule has 76 heavy (non-hydrogen) atoms. The topological polar surface area (TPSA) is 185 Å². The zero-order valence-electron chi connectivity index (χ0n) is 42.8. The summed E-state index contributed by atoms with van der Waals surface area (Å²) in [5, 5.41) is 19.5. The zero-order valence-corrected chi connectivity index (χ0v) is 43.5. The van der Waals surface area contributed by atoms with Crippen molar-refractivity contribution in [2.75, 3.05) is 63.9 Å². The molecule has 5 amide bonds. The largest absolute Gasteiger partial charge is 0.488 e. The molecule has 2 unspecified atom stereocenters. The number of piperidine rings is 2. The van der Waals surface area contributed by atoms with E-state index in [9.17, 15) is 24.3 Å². The van der Waals surface area contributed by atoms with E-state index < -0.39 is 64.3 Å². The number of halogens is 5. The number of likely N-dealkylation sites (tertiary alicyclic amines) is 2. The number of aliphatic hydroxyl groups excluding tert-OH is 1. The number of fused-ring (bicyclic) bond motifs is 2. The predicted molar refractivity (Wildman–Crippen MR) is 277 cm³/mol. The Labute approximate surface area is 443 Å². The lowest BCUT2D eigenvalue weighted by molar-refractivity contribution is -0.138. The number of aromatic nitrogens is 2. The minimum atomic E-state index is -1.13. The molecule has 15 nitrogen and oxygen atoms in total. The van der Waals surface area contributed by atoms with Crippen molar-refractivity contribution in [3.8, 4) is 22.6 Å². The van der Waals surface area contributed by atoms with E-state index in [0.29, 0.717) is 56.9 Å². The molecule has 3 saturated heterocycles. The lowest BCUT2D eigenvalue weighted by atomic mass is 9.77. The van der Waals surface area contributed by atoms with E-state index in [1.165, 1.54) is 33.8 Å². The highest BCUT2D eigenvalue weighted by atomic mass is 35.5. The molecule has 5 heterocycles. The molecule has 404 valence electrons. The first-order chi connectivity index (χ1) is 36.5. The van der Waals surface area contributed by atoms with Gasteiger partial charge in [0.1, 0.15) is 29.5 Å². The van der Waals surface area contributed by atoms with Gasteiger partial charge in [-0.3, -0.25) is 29.3 Å². The fourth-order valence-electron chi connectivity index (χ4n) is 12.8. The van der Waals surface area contributed by atoms with Crippen LogP contribution >= 0.6 is 11.6 Å². The highest BCUT2D eigenvalue weighted by Gasteiger charge is 2.50. The van der Waals surface area contributed by atoms with E-state index in [1.807, 2.05) is 49.1 Å². The second-order valence-electron chi connectivity index (χ2n) is 21.3. The van der Waals surface area contributed by atoms with Crippen molar-refractivity contribution in [1.29, 1.82) is 0 Å². The van der Waals surface area contributed by atoms with Gasteiger partial charge >= 0.3 is 6.03 Å². The number of aliphatic hydroxyl groups is 1. The first-order valence-corrected chi connectivity index (χ1v) is 26.7. The van der Waals surface area contributed by atoms with Gasteiger partial charge in [0.15, 0.2) is 28.8 Å². The predicted octanol–water partition coefficient (Wildman–Crippen LogP) is 8.27. The van der Waals surface area contributed by atoms with Gasteiger partial charge in [-0.25, -0.2) is 22.4 Å². The van der Waals surface area contributed by atoms with Crippen molar-refractivity contribution in [2.24, 2.45) is 30.5 Å². The summed E-state index contributed by atoms with van der Waals surface area (Å²) >= 11 is 6.72. The monoisotopic (exact) mass is 1070 g/mol. The number of amides is 5. The number of hydrogen-bond donors (Lipinski definition) is 4. The lowest BCUT2D eigenvalue weighted by Crippen LogP contribution is -2.49. The van der Waals surface area contributed by atoms with Crippen LogP contribution in [0.1, 0.15) is 104 Å². The number of nitrogens with zero attached hydrogens (tertiary/aromatic N) is 5. The van der Waals surface area contributed by atoms with E-state index in [2.05, 4.69) is 20.6 Å². The number of imide groups is 1. The third-order valence-corrected chi connectivity index (χ3v) is 17.1. The van der Waals surface area contributed by atoms with Crippen LogP contribution in [0.3, 0.4) is 0 Å². The Bertz CT molecular complexity index is 3080. The SMILES string of the molecule is C[C@@H]1CN(CC2CCN(C(=O)C3CCC(NCC4(c5ccccc5)Oc5cc(F)c(Cl)c(-c6c(C(N)=O)ccc(OCCO)c6F)c5[C@@H]4C)CC3)CC2)CCC1c1c(F)cc2c(N3CCC(=O)NC3=O)nn(C)c2c1F. The summed E-state index contributed by atoms with van der Waals surface area (Å²) < 4.78 is 78.4. The van der Waals surface area contributed by atoms with Crippen molar-refractivity contribution in [3.63, 3.8) is 0 Å². The first kappa shape index (κ1) is 53.1. The van der Waals surface area contributed by atoms with E-state index in [1.54, 1.807) is 7.05 Å². The molecule has 4 fully saturated rings.